The summed E-state index contributed by atoms with van der Waals surface area (Å²) in [6.07, 6.45) is 10.7. The minimum Gasteiger partial charge on any atom is -0.396 e. The maximum absolute atomic E-state index is 13.2. The Bertz CT molecular complexity index is 887. The smallest absolute Gasteiger partial charge is 0.160 e. The average Bonchev–Trinajstić information content (AvgIpc) is 3.07. The lowest BCUT2D eigenvalue weighted by atomic mass is 9.51. The molecule has 4 aliphatic rings. The van der Waals surface area contributed by atoms with Gasteiger partial charge >= 0.3 is 0 Å². The van der Waals surface area contributed by atoms with Crippen LogP contribution in [0, 0.1) is 40.4 Å². The minimum absolute atomic E-state index is 0.0214. The fourth-order valence-corrected chi connectivity index (χ4v) is 8.14. The van der Waals surface area contributed by atoms with Crippen LogP contribution in [-0.4, -0.2) is 51.6 Å². The van der Waals surface area contributed by atoms with Crippen LogP contribution in [-0.2, 0) is 4.79 Å². The van der Waals surface area contributed by atoms with Crippen LogP contribution in [0.4, 0.5) is 0 Å². The van der Waals surface area contributed by atoms with Crippen LogP contribution in [0.25, 0.3) is 0 Å². The Kier molecular flexibility index (Phi) is 7.32. The fraction of sp³-hybridized carbons (Fsp3) is 0.759. The number of rotatable bonds is 7. The number of fused-ring (bicyclic) bond motifs is 5. The van der Waals surface area contributed by atoms with Gasteiger partial charge in [-0.15, -0.1) is 0 Å². The Labute approximate surface area is 204 Å². The lowest BCUT2D eigenvalue weighted by Crippen LogP contribution is -2.48. The zero-order chi connectivity index (χ0) is 24.8. The fourth-order valence-electron chi connectivity index (χ4n) is 8.14. The van der Waals surface area contributed by atoms with Crippen LogP contribution in [0.1, 0.15) is 72.6 Å². The van der Waals surface area contributed by atoms with Crippen LogP contribution < -0.4 is 0 Å². The number of aliphatic hydroxyl groups excluding tert-OH is 4. The van der Waals surface area contributed by atoms with E-state index in [0.717, 1.165) is 43.3 Å². The maximum atomic E-state index is 13.2. The Hall–Kier alpha value is -1.27. The molecule has 0 heterocycles. The molecule has 5 nitrogen and oxygen atoms in total. The molecule has 0 radical (unpaired) electrons. The van der Waals surface area contributed by atoms with Gasteiger partial charge in [0.1, 0.15) is 0 Å². The summed E-state index contributed by atoms with van der Waals surface area (Å²) in [6.45, 7) is 8.76. The van der Waals surface area contributed by atoms with Crippen molar-refractivity contribution in [3.8, 4) is 0 Å². The summed E-state index contributed by atoms with van der Waals surface area (Å²) in [5, 5.41) is 40.5. The zero-order valence-electron chi connectivity index (χ0n) is 21.3. The molecule has 2 saturated carbocycles. The quantitative estimate of drug-likeness (QED) is 0.421. The van der Waals surface area contributed by atoms with Crippen LogP contribution in [0.3, 0.4) is 0 Å². The van der Waals surface area contributed by atoms with E-state index in [4.69, 9.17) is 0 Å². The van der Waals surface area contributed by atoms with E-state index in [0.29, 0.717) is 12.8 Å². The molecule has 0 aromatic heterocycles. The summed E-state index contributed by atoms with van der Waals surface area (Å²) >= 11 is 0. The van der Waals surface area contributed by atoms with E-state index >= 15 is 0 Å². The summed E-state index contributed by atoms with van der Waals surface area (Å²) in [4.78, 5) is 13.2. The van der Waals surface area contributed by atoms with E-state index in [9.17, 15) is 25.2 Å². The second kappa shape index (κ2) is 9.65. The minimum atomic E-state index is -0.409. The highest BCUT2D eigenvalue weighted by molar-refractivity contribution is 5.96. The molecule has 9 atom stereocenters. The molecule has 0 aliphatic heterocycles. The predicted octanol–water partition coefficient (Wildman–Crippen LogP) is 3.96. The van der Waals surface area contributed by atoms with Crippen molar-refractivity contribution >= 4 is 5.78 Å². The number of hydrogen-bond donors (Lipinski definition) is 4. The number of allylic oxidation sites excluding steroid dienone is 4. The average molecular weight is 473 g/mol. The third-order valence-electron chi connectivity index (χ3n) is 10.2. The molecule has 5 heteroatoms. The largest absolute Gasteiger partial charge is 0.396 e. The van der Waals surface area contributed by atoms with Gasteiger partial charge in [0.25, 0.3) is 0 Å². The van der Waals surface area contributed by atoms with E-state index in [1.165, 1.54) is 5.57 Å². The van der Waals surface area contributed by atoms with Gasteiger partial charge in [0.05, 0.1) is 18.8 Å². The maximum Gasteiger partial charge on any atom is 0.160 e. The number of carbonyl (C=O) groups is 1. The third-order valence-corrected chi connectivity index (χ3v) is 10.2. The standard InChI is InChI=1S/C29H44O5/c1-17(5-6-19(9-12-30)18(2)16-31)27-26(34)15-23-21-14-25(33)24-13-20(32)7-10-28(24,3)22(21)8-11-29(23,27)4/h8-9,14,17-18,20,23-24,26-27,30-32,34H,5-7,10-13,15-16H2,1-4H3. The van der Waals surface area contributed by atoms with Crippen molar-refractivity contribution < 1.29 is 25.2 Å². The molecule has 190 valence electrons. The molecule has 0 amide bonds. The van der Waals surface area contributed by atoms with Gasteiger partial charge in [0.15, 0.2) is 5.78 Å². The van der Waals surface area contributed by atoms with Gasteiger partial charge in [0.2, 0.25) is 0 Å². The lowest BCUT2D eigenvalue weighted by Gasteiger charge is -2.52. The van der Waals surface area contributed by atoms with Crippen molar-refractivity contribution in [2.75, 3.05) is 13.2 Å². The first kappa shape index (κ1) is 25.8. The van der Waals surface area contributed by atoms with Gasteiger partial charge in [-0.2, -0.15) is 0 Å². The molecule has 4 aliphatic carbocycles. The summed E-state index contributed by atoms with van der Waals surface area (Å²) < 4.78 is 0. The van der Waals surface area contributed by atoms with Gasteiger partial charge in [-0.1, -0.05) is 45.4 Å². The number of aliphatic hydroxyl groups is 4. The Balaban J connectivity index is 1.59. The normalized spacial score (nSPS) is 41.7. The van der Waals surface area contributed by atoms with Crippen molar-refractivity contribution in [3.05, 3.63) is 34.9 Å². The van der Waals surface area contributed by atoms with E-state index < -0.39 is 6.10 Å². The van der Waals surface area contributed by atoms with E-state index in [-0.39, 0.29) is 65.5 Å². The van der Waals surface area contributed by atoms with Crippen LogP contribution in [0.2, 0.25) is 0 Å². The molecule has 2 fully saturated rings. The second-order valence-electron chi connectivity index (χ2n) is 12.2. The van der Waals surface area contributed by atoms with Crippen molar-refractivity contribution in [2.24, 2.45) is 40.4 Å². The van der Waals surface area contributed by atoms with Gasteiger partial charge in [0, 0.05) is 23.9 Å². The molecule has 0 spiro atoms. The molecule has 0 bridgehead atoms. The first-order chi connectivity index (χ1) is 16.1. The molecule has 9 unspecified atom stereocenters. The monoisotopic (exact) mass is 472 g/mol. The van der Waals surface area contributed by atoms with Crippen LogP contribution >= 0.6 is 0 Å². The van der Waals surface area contributed by atoms with E-state index in [1.54, 1.807) is 0 Å². The van der Waals surface area contributed by atoms with Gasteiger partial charge in [-0.05, 0) is 85.3 Å². The summed E-state index contributed by atoms with van der Waals surface area (Å²) in [5.41, 5.74) is 3.22. The Morgan fingerprint density at radius 3 is 2.59 bits per heavy atom. The molecular formula is C29H44O5. The van der Waals surface area contributed by atoms with E-state index in [1.807, 2.05) is 19.1 Å². The molecule has 4 rings (SSSR count). The lowest BCUT2D eigenvalue weighted by molar-refractivity contribution is -0.125. The molecule has 0 aromatic carbocycles. The van der Waals surface area contributed by atoms with Crippen LogP contribution in [0.15, 0.2) is 34.9 Å². The highest BCUT2D eigenvalue weighted by Crippen LogP contribution is 2.64. The Morgan fingerprint density at radius 2 is 1.91 bits per heavy atom. The first-order valence-electron chi connectivity index (χ1n) is 13.3. The van der Waals surface area contributed by atoms with Gasteiger partial charge in [-0.25, -0.2) is 0 Å². The van der Waals surface area contributed by atoms with Gasteiger partial charge in [-0.3, -0.25) is 4.79 Å². The molecule has 4 N–H and O–H groups in total. The highest BCUT2D eigenvalue weighted by atomic mass is 16.3. The molecule has 0 saturated heterocycles. The van der Waals surface area contributed by atoms with Crippen LogP contribution in [0.5, 0.6) is 0 Å². The molecule has 34 heavy (non-hydrogen) atoms. The van der Waals surface area contributed by atoms with Gasteiger partial charge < -0.3 is 20.4 Å². The van der Waals surface area contributed by atoms with Crippen molar-refractivity contribution in [1.29, 1.82) is 0 Å². The summed E-state index contributed by atoms with van der Waals surface area (Å²) in [5.74, 6) is 0.623. The zero-order valence-corrected chi connectivity index (χ0v) is 21.3. The SMILES string of the molecule is CC(CO)C(=CCO)CCC(C)C1C(O)CC2C3=CC(=O)C4CC(O)CCC4(C)C3=CCC21C. The van der Waals surface area contributed by atoms with Crippen molar-refractivity contribution in [2.45, 2.75) is 84.8 Å². The topological polar surface area (TPSA) is 98.0 Å². The highest BCUT2D eigenvalue weighted by Gasteiger charge is 2.59. The third kappa shape index (κ3) is 4.17. The summed E-state index contributed by atoms with van der Waals surface area (Å²) in [6, 6.07) is 0. The molecular weight excluding hydrogens is 428 g/mol. The molecule has 0 aromatic rings. The summed E-state index contributed by atoms with van der Waals surface area (Å²) in [7, 11) is 0. The number of carbonyl (C=O) groups excluding carboxylic acids is 1. The second-order valence-corrected chi connectivity index (χ2v) is 12.2. The Morgan fingerprint density at radius 1 is 1.18 bits per heavy atom. The van der Waals surface area contributed by atoms with Crippen molar-refractivity contribution in [3.63, 3.8) is 0 Å². The van der Waals surface area contributed by atoms with Crippen molar-refractivity contribution in [1.82, 2.24) is 0 Å². The number of ketones is 1. The first-order valence-corrected chi connectivity index (χ1v) is 13.3. The van der Waals surface area contributed by atoms with E-state index in [2.05, 4.69) is 26.8 Å². The number of hydrogen-bond acceptors (Lipinski definition) is 5. The predicted molar refractivity (Wildman–Crippen MR) is 133 cm³/mol.